The van der Waals surface area contributed by atoms with Crippen molar-refractivity contribution in [3.8, 4) is 0 Å². The molecular weight excluding hydrogens is 511 g/mol. The second-order valence-corrected chi connectivity index (χ2v) is 13.0. The molecule has 0 heterocycles. The third-order valence-electron chi connectivity index (χ3n) is 7.51. The summed E-state index contributed by atoms with van der Waals surface area (Å²) in [6.45, 7) is 0. The Balaban J connectivity index is 0.00000308. The van der Waals surface area contributed by atoms with Crippen LogP contribution in [0.3, 0.4) is 0 Å². The molecule has 0 aliphatic carbocycles. The van der Waals surface area contributed by atoms with Crippen molar-refractivity contribution in [1.29, 1.82) is 0 Å². The van der Waals surface area contributed by atoms with E-state index in [-0.39, 0.29) is 12.4 Å². The fourth-order valence-corrected chi connectivity index (χ4v) is 11.6. The van der Waals surface area contributed by atoms with Crippen molar-refractivity contribution >= 4 is 35.6 Å². The summed E-state index contributed by atoms with van der Waals surface area (Å²) in [5.74, 6) is 0. The van der Waals surface area contributed by atoms with Crippen molar-refractivity contribution < 1.29 is 0 Å². The van der Waals surface area contributed by atoms with Crippen LogP contribution in [-0.2, 0) is 5.16 Å². The fourth-order valence-electron chi connectivity index (χ4n) is 6.10. The van der Waals surface area contributed by atoms with Crippen LogP contribution in [0.25, 0.3) is 0 Å². The average Bonchev–Trinajstić information content (AvgIpc) is 3.02. The highest BCUT2D eigenvalue weighted by molar-refractivity contribution is 7.97. The van der Waals surface area contributed by atoms with Crippen LogP contribution in [-0.4, -0.2) is 0 Å². The summed E-state index contributed by atoms with van der Waals surface area (Å²) in [6.07, 6.45) is 0. The van der Waals surface area contributed by atoms with E-state index in [9.17, 15) is 0 Å². The van der Waals surface area contributed by atoms with Crippen LogP contribution in [0.5, 0.6) is 0 Å². The van der Waals surface area contributed by atoms with E-state index in [1.807, 2.05) is 0 Å². The van der Waals surface area contributed by atoms with E-state index >= 15 is 0 Å². The van der Waals surface area contributed by atoms with Gasteiger partial charge >= 0.3 is 0 Å². The Labute approximate surface area is 238 Å². The van der Waals surface area contributed by atoms with Gasteiger partial charge in [-0.25, -0.2) is 0 Å². The number of benzene rings is 6. The first-order chi connectivity index (χ1) is 18.9. The van der Waals surface area contributed by atoms with Gasteiger partial charge in [0.15, 0.2) is 5.16 Å². The minimum Gasteiger partial charge on any atom is -0.147 e. The van der Waals surface area contributed by atoms with Crippen LogP contribution in [0.15, 0.2) is 182 Å². The number of hydrogen-bond acceptors (Lipinski definition) is 0. The zero-order chi connectivity index (χ0) is 25.7. The predicted octanol–water partition coefficient (Wildman–Crippen LogP) is 8.39. The zero-order valence-corrected chi connectivity index (χ0v) is 23.4. The molecular formula is C37H31ClP+. The molecule has 0 bridgehead atoms. The van der Waals surface area contributed by atoms with Gasteiger partial charge in [-0.15, -0.1) is 12.4 Å². The van der Waals surface area contributed by atoms with Gasteiger partial charge in [0.1, 0.15) is 23.2 Å². The summed E-state index contributed by atoms with van der Waals surface area (Å²) in [5, 5.41) is 3.58. The molecule has 0 aromatic heterocycles. The van der Waals surface area contributed by atoms with Crippen LogP contribution in [0.1, 0.15) is 16.7 Å². The molecule has 6 rings (SSSR count). The SMILES string of the molecule is Cl.c1ccc(C(c2ccccc2)(c2ccccc2)[P+](c2ccccc2)(c2ccccc2)c2ccccc2)cc1. The molecule has 190 valence electrons. The van der Waals surface area contributed by atoms with E-state index in [1.165, 1.54) is 32.6 Å². The molecule has 0 amide bonds. The maximum Gasteiger partial charge on any atom is 0.168 e. The lowest BCUT2D eigenvalue weighted by atomic mass is 9.84. The lowest BCUT2D eigenvalue weighted by Gasteiger charge is -2.46. The van der Waals surface area contributed by atoms with Gasteiger partial charge in [-0.3, -0.25) is 0 Å². The lowest BCUT2D eigenvalue weighted by Crippen LogP contribution is -2.47. The normalized spacial score (nSPS) is 11.4. The molecule has 0 saturated carbocycles. The first-order valence-electron chi connectivity index (χ1n) is 13.1. The van der Waals surface area contributed by atoms with Gasteiger partial charge in [0.25, 0.3) is 0 Å². The molecule has 39 heavy (non-hydrogen) atoms. The van der Waals surface area contributed by atoms with Crippen LogP contribution < -0.4 is 15.9 Å². The first-order valence-corrected chi connectivity index (χ1v) is 14.9. The molecule has 0 aliphatic heterocycles. The summed E-state index contributed by atoms with van der Waals surface area (Å²) in [5.41, 5.74) is 3.88. The monoisotopic (exact) mass is 541 g/mol. The summed E-state index contributed by atoms with van der Waals surface area (Å²) in [6, 6.07) is 67.1. The van der Waals surface area contributed by atoms with Gasteiger partial charge in [-0.2, -0.15) is 0 Å². The van der Waals surface area contributed by atoms with Gasteiger partial charge in [-0.05, 0) is 36.4 Å². The van der Waals surface area contributed by atoms with E-state index in [2.05, 4.69) is 182 Å². The smallest absolute Gasteiger partial charge is 0.147 e. The topological polar surface area (TPSA) is 0 Å². The Hall–Kier alpha value is -3.96. The Morgan fingerprint density at radius 2 is 0.487 bits per heavy atom. The van der Waals surface area contributed by atoms with Crippen LogP contribution in [0.2, 0.25) is 0 Å². The summed E-state index contributed by atoms with van der Waals surface area (Å²) in [7, 11) is -2.46. The van der Waals surface area contributed by atoms with Gasteiger partial charge in [0.2, 0.25) is 0 Å². The third-order valence-corrected chi connectivity index (χ3v) is 12.5. The van der Waals surface area contributed by atoms with Crippen LogP contribution >= 0.6 is 19.7 Å². The van der Waals surface area contributed by atoms with Gasteiger partial charge in [0.05, 0.1) is 0 Å². The first kappa shape index (κ1) is 26.6. The third kappa shape index (κ3) is 4.41. The Morgan fingerprint density at radius 3 is 0.718 bits per heavy atom. The van der Waals surface area contributed by atoms with Gasteiger partial charge in [-0.1, -0.05) is 146 Å². The van der Waals surface area contributed by atoms with E-state index in [4.69, 9.17) is 0 Å². The quantitative estimate of drug-likeness (QED) is 0.141. The molecule has 0 nitrogen and oxygen atoms in total. The Kier molecular flexibility index (Phi) is 8.08. The van der Waals surface area contributed by atoms with Crippen LogP contribution in [0, 0.1) is 0 Å². The molecule has 6 aromatic carbocycles. The zero-order valence-electron chi connectivity index (χ0n) is 21.7. The molecule has 6 aromatic rings. The Bertz CT molecular complexity index is 1250. The molecule has 0 fully saturated rings. The molecule has 0 saturated heterocycles. The van der Waals surface area contributed by atoms with Crippen molar-refractivity contribution in [2.75, 3.05) is 0 Å². The second-order valence-electron chi connectivity index (χ2n) is 9.49. The lowest BCUT2D eigenvalue weighted by molar-refractivity contribution is 0.877. The summed E-state index contributed by atoms with van der Waals surface area (Å²) in [4.78, 5) is 0. The fraction of sp³-hybridized carbons (Fsp3) is 0.0270. The molecule has 0 radical (unpaired) electrons. The van der Waals surface area contributed by atoms with E-state index in [0.29, 0.717) is 0 Å². The van der Waals surface area contributed by atoms with E-state index < -0.39 is 12.4 Å². The largest absolute Gasteiger partial charge is 0.168 e. The van der Waals surface area contributed by atoms with Crippen molar-refractivity contribution in [2.24, 2.45) is 0 Å². The molecule has 2 heteroatoms. The number of rotatable bonds is 7. The Morgan fingerprint density at radius 1 is 0.282 bits per heavy atom. The van der Waals surface area contributed by atoms with Gasteiger partial charge in [0, 0.05) is 16.7 Å². The second kappa shape index (κ2) is 11.8. The number of halogens is 1. The highest BCUT2D eigenvalue weighted by atomic mass is 35.5. The standard InChI is InChI=1S/C37H30P.ClH/c1-7-19-31(20-8-1)37(32-21-9-2-10-22-32,33-23-11-3-12-24-33)38(34-25-13-4-14-26-34,35-27-15-5-16-28-35)36-29-17-6-18-30-36;/h1-30H;1H/q+1;. The van der Waals surface area contributed by atoms with Crippen molar-refractivity contribution in [3.63, 3.8) is 0 Å². The molecule has 0 unspecified atom stereocenters. The average molecular weight is 542 g/mol. The minimum atomic E-state index is -2.46. The van der Waals surface area contributed by atoms with Crippen LogP contribution in [0.4, 0.5) is 0 Å². The summed E-state index contributed by atoms with van der Waals surface area (Å²) < 4.78 is 0. The summed E-state index contributed by atoms with van der Waals surface area (Å²) >= 11 is 0. The maximum absolute atomic E-state index is 2.46. The predicted molar refractivity (Wildman–Crippen MR) is 172 cm³/mol. The van der Waals surface area contributed by atoms with Crippen molar-refractivity contribution in [2.45, 2.75) is 5.16 Å². The molecule has 0 N–H and O–H groups in total. The van der Waals surface area contributed by atoms with Crippen molar-refractivity contribution in [3.05, 3.63) is 199 Å². The number of hydrogen-bond donors (Lipinski definition) is 0. The highest BCUT2D eigenvalue weighted by Gasteiger charge is 2.65. The maximum atomic E-state index is 2.34. The van der Waals surface area contributed by atoms with Gasteiger partial charge < -0.3 is 0 Å². The van der Waals surface area contributed by atoms with Crippen molar-refractivity contribution in [1.82, 2.24) is 0 Å². The van der Waals surface area contributed by atoms with E-state index in [0.717, 1.165) is 0 Å². The molecule has 0 aliphatic rings. The molecule has 0 spiro atoms. The highest BCUT2D eigenvalue weighted by Crippen LogP contribution is 2.74. The molecule has 0 atom stereocenters. The van der Waals surface area contributed by atoms with E-state index in [1.54, 1.807) is 0 Å². The minimum absolute atomic E-state index is 0.